The van der Waals surface area contributed by atoms with E-state index in [4.69, 9.17) is 10.8 Å². The van der Waals surface area contributed by atoms with Crippen LogP contribution in [0, 0.1) is 0 Å². The summed E-state index contributed by atoms with van der Waals surface area (Å²) < 4.78 is 1.78. The first-order valence-electron chi connectivity index (χ1n) is 9.07. The molecule has 5 rings (SSSR count). The summed E-state index contributed by atoms with van der Waals surface area (Å²) in [6.45, 7) is 0. The van der Waals surface area contributed by atoms with Gasteiger partial charge in [0, 0.05) is 23.3 Å². The van der Waals surface area contributed by atoms with Crippen molar-refractivity contribution in [1.82, 2.24) is 24.7 Å². The number of nitrogens with one attached hydrogen (secondary N) is 1. The van der Waals surface area contributed by atoms with Crippen LogP contribution in [0.25, 0.3) is 33.2 Å². The van der Waals surface area contributed by atoms with Gasteiger partial charge in [-0.05, 0) is 29.8 Å². The minimum absolute atomic E-state index is 0.0617. The van der Waals surface area contributed by atoms with Gasteiger partial charge in [0.2, 0.25) is 0 Å². The Labute approximate surface area is 165 Å². The van der Waals surface area contributed by atoms with Gasteiger partial charge in [0.15, 0.2) is 0 Å². The van der Waals surface area contributed by atoms with Crippen molar-refractivity contribution in [1.29, 1.82) is 0 Å². The highest BCUT2D eigenvalue weighted by Crippen LogP contribution is 2.34. The molecule has 0 bridgehead atoms. The number of nitrogens with zero attached hydrogens (tertiary/aromatic N) is 4. The minimum Gasteiger partial charge on any atom is -0.391 e. The van der Waals surface area contributed by atoms with E-state index in [1.807, 2.05) is 60.5 Å². The molecule has 7 nitrogen and oxygen atoms in total. The van der Waals surface area contributed by atoms with Crippen molar-refractivity contribution >= 4 is 27.9 Å². The van der Waals surface area contributed by atoms with Gasteiger partial charge in [-0.3, -0.25) is 4.98 Å². The van der Waals surface area contributed by atoms with Crippen LogP contribution in [-0.4, -0.2) is 30.7 Å². The van der Waals surface area contributed by atoms with Crippen LogP contribution < -0.4 is 5.73 Å². The Bertz CT molecular complexity index is 1360. The topological polar surface area (TPSA) is 102 Å². The molecular weight excluding hydrogens is 364 g/mol. The van der Waals surface area contributed by atoms with E-state index in [0.717, 1.165) is 38.8 Å². The second kappa shape index (κ2) is 6.74. The van der Waals surface area contributed by atoms with Crippen molar-refractivity contribution in [3.8, 4) is 11.3 Å². The molecule has 3 N–H and O–H groups in total. The van der Waals surface area contributed by atoms with Crippen LogP contribution in [0.5, 0.6) is 0 Å². The Morgan fingerprint density at radius 2 is 1.90 bits per heavy atom. The highest BCUT2D eigenvalue weighted by molar-refractivity contribution is 6.01. The number of benzene rings is 2. The predicted molar refractivity (Wildman–Crippen MR) is 111 cm³/mol. The lowest BCUT2D eigenvalue weighted by Crippen LogP contribution is -2.20. The number of nitrogens with two attached hydrogens (primary N) is 1. The van der Waals surface area contributed by atoms with Gasteiger partial charge < -0.3 is 10.7 Å². The zero-order valence-electron chi connectivity index (χ0n) is 15.3. The van der Waals surface area contributed by atoms with Crippen molar-refractivity contribution in [2.75, 3.05) is 0 Å². The molecule has 2 aromatic carbocycles. The van der Waals surface area contributed by atoms with Crippen molar-refractivity contribution in [2.24, 2.45) is 5.73 Å². The number of H-pyrrole nitrogens is 1. The summed E-state index contributed by atoms with van der Waals surface area (Å²) in [7, 11) is 0. The molecule has 1 atom stereocenters. The molecule has 0 spiro atoms. The number of imidazole rings is 1. The zero-order chi connectivity index (χ0) is 19.8. The molecule has 0 aliphatic carbocycles. The maximum absolute atomic E-state index is 11.5. The number of allylic oxidation sites excluding steroid dienone is 1. The van der Waals surface area contributed by atoms with E-state index < -0.39 is 6.04 Å². The van der Waals surface area contributed by atoms with Crippen LogP contribution in [0.2, 0.25) is 0 Å². The summed E-state index contributed by atoms with van der Waals surface area (Å²) in [6, 6.07) is 16.8. The smallest absolute Gasteiger partial charge is 0.148 e. The second-order valence-electron chi connectivity index (χ2n) is 6.69. The summed E-state index contributed by atoms with van der Waals surface area (Å²) in [5, 5.41) is 5.79. The third kappa shape index (κ3) is 2.77. The first-order valence-corrected chi connectivity index (χ1v) is 9.07. The third-order valence-corrected chi connectivity index (χ3v) is 4.97. The molecule has 3 heterocycles. The van der Waals surface area contributed by atoms with E-state index in [1.54, 1.807) is 23.4 Å². The van der Waals surface area contributed by atoms with Crippen molar-refractivity contribution in [2.45, 2.75) is 6.04 Å². The lowest BCUT2D eigenvalue weighted by molar-refractivity contribution is 0.554. The fraction of sp³-hybridized carbons (Fsp3) is 0.0455. The van der Waals surface area contributed by atoms with Gasteiger partial charge in [-0.2, -0.15) is 5.10 Å². The summed E-state index contributed by atoms with van der Waals surface area (Å²) in [6.07, 6.45) is 5.10. The van der Waals surface area contributed by atoms with Gasteiger partial charge in [0.1, 0.15) is 23.4 Å². The fourth-order valence-corrected chi connectivity index (χ4v) is 3.63. The molecule has 140 valence electrons. The normalized spacial score (nSPS) is 12.1. The van der Waals surface area contributed by atoms with Crippen LogP contribution >= 0.6 is 0 Å². The van der Waals surface area contributed by atoms with Crippen molar-refractivity contribution in [3.05, 3.63) is 84.6 Å². The number of rotatable bonds is 4. The van der Waals surface area contributed by atoms with Gasteiger partial charge in [-0.25, -0.2) is 14.5 Å². The molecule has 0 amide bonds. The maximum Gasteiger partial charge on any atom is 0.148 e. The summed E-state index contributed by atoms with van der Waals surface area (Å²) >= 11 is 0. The van der Waals surface area contributed by atoms with Crippen LogP contribution in [0.3, 0.4) is 0 Å². The standard InChI is InChI=1S/C22H16N6O/c23-17(12-29)22(15-4-2-1-3-5-15)28-20-11-19-18(25-13-26-19)10-16(20)21(27-28)14-6-8-24-9-7-14/h1-11,13,22H,23H2,(H,25,26). The first kappa shape index (κ1) is 16.9. The largest absolute Gasteiger partial charge is 0.391 e. The maximum atomic E-state index is 11.5. The van der Waals surface area contributed by atoms with E-state index in [1.165, 1.54) is 0 Å². The SMILES string of the molecule is NC(=C=O)C(c1ccccc1)n1nc(-c2ccncc2)c2cc3nc[nH]c3cc21. The van der Waals surface area contributed by atoms with Gasteiger partial charge >= 0.3 is 0 Å². The molecule has 0 saturated carbocycles. The van der Waals surface area contributed by atoms with Gasteiger partial charge in [-0.1, -0.05) is 30.3 Å². The first-order chi connectivity index (χ1) is 14.3. The molecule has 0 fully saturated rings. The molecule has 0 aliphatic rings. The summed E-state index contributed by atoms with van der Waals surface area (Å²) in [4.78, 5) is 23.1. The van der Waals surface area contributed by atoms with Gasteiger partial charge in [-0.15, -0.1) is 0 Å². The zero-order valence-corrected chi connectivity index (χ0v) is 15.3. The molecular formula is C22H16N6O. The molecule has 5 aromatic rings. The fourth-order valence-electron chi connectivity index (χ4n) is 3.63. The number of carbonyl (C=O) groups excluding carboxylic acids is 1. The number of hydrogen-bond acceptors (Lipinski definition) is 5. The summed E-state index contributed by atoms with van der Waals surface area (Å²) in [5.74, 6) is 1.86. The van der Waals surface area contributed by atoms with Crippen LogP contribution in [-0.2, 0) is 4.79 Å². The Morgan fingerprint density at radius 1 is 1.10 bits per heavy atom. The predicted octanol–water partition coefficient (Wildman–Crippen LogP) is 3.24. The quantitative estimate of drug-likeness (QED) is 0.466. The Balaban J connectivity index is 1.86. The molecule has 0 aliphatic heterocycles. The minimum atomic E-state index is -0.577. The number of aromatic nitrogens is 5. The van der Waals surface area contributed by atoms with E-state index in [9.17, 15) is 4.79 Å². The number of pyridine rings is 1. The average Bonchev–Trinajstić information content (AvgIpc) is 3.38. The summed E-state index contributed by atoms with van der Waals surface area (Å²) in [5.41, 5.74) is 11.3. The molecule has 0 radical (unpaired) electrons. The van der Waals surface area contributed by atoms with Gasteiger partial charge in [0.05, 0.1) is 22.9 Å². The lowest BCUT2D eigenvalue weighted by Gasteiger charge is -2.17. The third-order valence-electron chi connectivity index (χ3n) is 4.97. The van der Waals surface area contributed by atoms with Crippen LogP contribution in [0.15, 0.2) is 79.0 Å². The Hall–Kier alpha value is -4.22. The average molecular weight is 380 g/mol. The van der Waals surface area contributed by atoms with Gasteiger partial charge in [0.25, 0.3) is 0 Å². The monoisotopic (exact) mass is 380 g/mol. The molecule has 7 heteroatoms. The molecule has 0 saturated heterocycles. The molecule has 29 heavy (non-hydrogen) atoms. The van der Waals surface area contributed by atoms with Crippen molar-refractivity contribution in [3.63, 3.8) is 0 Å². The Morgan fingerprint density at radius 3 is 2.66 bits per heavy atom. The number of hydrogen-bond donors (Lipinski definition) is 2. The number of aromatic amines is 1. The van der Waals surface area contributed by atoms with E-state index >= 15 is 0 Å². The van der Waals surface area contributed by atoms with E-state index in [-0.39, 0.29) is 5.70 Å². The molecule has 1 unspecified atom stereocenters. The lowest BCUT2D eigenvalue weighted by atomic mass is 10.0. The van der Waals surface area contributed by atoms with Crippen LogP contribution in [0.1, 0.15) is 11.6 Å². The van der Waals surface area contributed by atoms with E-state index in [2.05, 4.69) is 15.0 Å². The Kier molecular flexibility index (Phi) is 3.93. The molecule has 3 aromatic heterocycles. The highest BCUT2D eigenvalue weighted by atomic mass is 16.1. The second-order valence-corrected chi connectivity index (χ2v) is 6.69. The van der Waals surface area contributed by atoms with Crippen molar-refractivity contribution < 1.29 is 4.79 Å². The van der Waals surface area contributed by atoms with E-state index in [0.29, 0.717) is 0 Å². The van der Waals surface area contributed by atoms with Crippen LogP contribution in [0.4, 0.5) is 0 Å². The number of fused-ring (bicyclic) bond motifs is 2. The highest BCUT2D eigenvalue weighted by Gasteiger charge is 2.24.